The number of anilines is 2. The van der Waals surface area contributed by atoms with Crippen molar-refractivity contribution in [3.05, 3.63) is 72.3 Å². The summed E-state index contributed by atoms with van der Waals surface area (Å²) in [5, 5.41) is 19.1. The van der Waals surface area contributed by atoms with Gasteiger partial charge in [0.1, 0.15) is 22.5 Å². The number of rotatable bonds is 3. The van der Waals surface area contributed by atoms with Gasteiger partial charge in [-0.3, -0.25) is 0 Å². The lowest BCUT2D eigenvalue weighted by atomic mass is 10.2. The molecule has 4 aromatic rings. The number of hydrogen-bond acceptors (Lipinski definition) is 6. The average molecular weight is 363 g/mol. The largest absolute Gasteiger partial charge is 0.478 e. The Kier molecular flexibility index (Phi) is 5.17. The van der Waals surface area contributed by atoms with Crippen LogP contribution >= 0.6 is 0 Å². The topological polar surface area (TPSA) is 140 Å². The van der Waals surface area contributed by atoms with Crippen LogP contribution in [0, 0.1) is 0 Å². The molecule has 0 atom stereocenters. The summed E-state index contributed by atoms with van der Waals surface area (Å²) in [5.41, 5.74) is 14.3. The van der Waals surface area contributed by atoms with E-state index in [0.29, 0.717) is 22.9 Å². The van der Waals surface area contributed by atoms with Crippen molar-refractivity contribution in [1.29, 1.82) is 0 Å². The molecule has 0 spiro atoms. The summed E-state index contributed by atoms with van der Waals surface area (Å²) in [4.78, 5) is 10.7. The van der Waals surface area contributed by atoms with Crippen LogP contribution < -0.4 is 16.2 Å². The molecular weight excluding hydrogens is 346 g/mol. The Morgan fingerprint density at radius 3 is 1.93 bits per heavy atom. The van der Waals surface area contributed by atoms with E-state index in [2.05, 4.69) is 15.4 Å². The molecule has 0 bridgehead atoms. The highest BCUT2D eigenvalue weighted by Gasteiger charge is 2.04. The first-order valence-electron chi connectivity index (χ1n) is 7.94. The second-order valence-electron chi connectivity index (χ2n) is 5.58. The number of carbonyl (C=O) groups is 1. The number of hydrogen-bond donors (Lipinski definition) is 4. The molecule has 0 amide bonds. The molecular formula is C19H17N5O3. The van der Waals surface area contributed by atoms with Gasteiger partial charge in [0.05, 0.1) is 5.56 Å². The molecule has 8 heteroatoms. The van der Waals surface area contributed by atoms with Crippen molar-refractivity contribution < 1.29 is 14.6 Å². The minimum absolute atomic E-state index is 0.203. The highest BCUT2D eigenvalue weighted by Crippen LogP contribution is 2.26. The highest BCUT2D eigenvalue weighted by molar-refractivity contribution is 5.87. The first-order valence-corrected chi connectivity index (χ1v) is 7.94. The van der Waals surface area contributed by atoms with E-state index in [1.165, 1.54) is 12.1 Å². The van der Waals surface area contributed by atoms with Gasteiger partial charge >= 0.3 is 5.97 Å². The van der Waals surface area contributed by atoms with E-state index < -0.39 is 5.97 Å². The Bertz CT molecular complexity index is 1010. The van der Waals surface area contributed by atoms with Crippen LogP contribution in [0.1, 0.15) is 10.4 Å². The minimum Gasteiger partial charge on any atom is -0.478 e. The molecule has 1 heterocycles. The Labute approximate surface area is 154 Å². The van der Waals surface area contributed by atoms with E-state index in [9.17, 15) is 4.79 Å². The number of aromatic nitrogens is 3. The molecule has 0 fully saturated rings. The number of carboxylic acid groups (broad SMARTS) is 1. The van der Waals surface area contributed by atoms with Crippen molar-refractivity contribution in [2.45, 2.75) is 0 Å². The van der Waals surface area contributed by atoms with Crippen molar-refractivity contribution in [3.63, 3.8) is 0 Å². The van der Waals surface area contributed by atoms with Crippen LogP contribution in [0.25, 0.3) is 11.0 Å². The lowest BCUT2D eigenvalue weighted by Crippen LogP contribution is -1.96. The van der Waals surface area contributed by atoms with Crippen molar-refractivity contribution in [1.82, 2.24) is 15.4 Å². The monoisotopic (exact) mass is 363 g/mol. The molecule has 0 aliphatic carbocycles. The van der Waals surface area contributed by atoms with E-state index in [4.69, 9.17) is 21.3 Å². The number of benzene rings is 3. The van der Waals surface area contributed by atoms with Crippen molar-refractivity contribution in [2.24, 2.45) is 0 Å². The van der Waals surface area contributed by atoms with Gasteiger partial charge < -0.3 is 21.3 Å². The molecule has 136 valence electrons. The number of para-hydroxylation sites is 2. The molecule has 3 aromatic carbocycles. The number of nitrogen functional groups attached to an aromatic ring is 2. The summed E-state index contributed by atoms with van der Waals surface area (Å²) in [6.07, 6.45) is 0. The second-order valence-corrected chi connectivity index (χ2v) is 5.58. The van der Waals surface area contributed by atoms with Gasteiger partial charge in [-0.05, 0) is 42.5 Å². The van der Waals surface area contributed by atoms with Gasteiger partial charge in [0, 0.05) is 23.5 Å². The summed E-state index contributed by atoms with van der Waals surface area (Å²) in [5.74, 6) is 0.0512. The highest BCUT2D eigenvalue weighted by atomic mass is 16.5. The third-order valence-electron chi connectivity index (χ3n) is 3.51. The fourth-order valence-electron chi connectivity index (χ4n) is 2.29. The molecule has 0 unspecified atom stereocenters. The minimum atomic E-state index is -0.977. The fourth-order valence-corrected chi connectivity index (χ4v) is 2.29. The first-order chi connectivity index (χ1) is 13.0. The lowest BCUT2D eigenvalue weighted by Gasteiger charge is -2.07. The molecule has 0 aliphatic rings. The molecule has 0 saturated carbocycles. The van der Waals surface area contributed by atoms with Crippen LogP contribution in [0.2, 0.25) is 0 Å². The van der Waals surface area contributed by atoms with Gasteiger partial charge in [-0.2, -0.15) is 15.4 Å². The maximum atomic E-state index is 10.7. The molecule has 1 aromatic heterocycles. The summed E-state index contributed by atoms with van der Waals surface area (Å²) >= 11 is 0. The number of nitrogens with two attached hydrogens (primary N) is 2. The average Bonchev–Trinajstić information content (AvgIpc) is 3.10. The number of H-pyrrole nitrogens is 1. The van der Waals surface area contributed by atoms with E-state index in [1.807, 2.05) is 24.3 Å². The fraction of sp³-hybridized carbons (Fsp3) is 0. The quantitative estimate of drug-likeness (QED) is 0.409. The lowest BCUT2D eigenvalue weighted by molar-refractivity contribution is 0.0697. The zero-order chi connectivity index (χ0) is 19.2. The number of carboxylic acids is 1. The smallest absolute Gasteiger partial charge is 0.335 e. The summed E-state index contributed by atoms with van der Waals surface area (Å²) < 4.78 is 5.52. The van der Waals surface area contributed by atoms with Crippen molar-refractivity contribution in [3.8, 4) is 11.5 Å². The zero-order valence-corrected chi connectivity index (χ0v) is 14.2. The predicted molar refractivity (Wildman–Crippen MR) is 103 cm³/mol. The molecule has 0 aliphatic heterocycles. The van der Waals surface area contributed by atoms with E-state index in [0.717, 1.165) is 11.0 Å². The van der Waals surface area contributed by atoms with Crippen molar-refractivity contribution in [2.75, 3.05) is 11.5 Å². The number of nitrogens with one attached hydrogen (secondary N) is 1. The Hall–Kier alpha value is -4.07. The maximum Gasteiger partial charge on any atom is 0.335 e. The number of ether oxygens (including phenoxy) is 1. The van der Waals surface area contributed by atoms with Gasteiger partial charge in [0.2, 0.25) is 0 Å². The normalized spacial score (nSPS) is 10.1. The molecule has 0 radical (unpaired) electrons. The van der Waals surface area contributed by atoms with Crippen LogP contribution in [-0.4, -0.2) is 26.5 Å². The van der Waals surface area contributed by atoms with Gasteiger partial charge in [0.15, 0.2) is 0 Å². The van der Waals surface area contributed by atoms with E-state index >= 15 is 0 Å². The number of fused-ring (bicyclic) bond motifs is 1. The maximum absolute atomic E-state index is 10.7. The molecule has 4 rings (SSSR count). The summed E-state index contributed by atoms with van der Waals surface area (Å²) in [6.45, 7) is 0. The number of nitrogens with zero attached hydrogens (tertiary/aromatic N) is 2. The van der Waals surface area contributed by atoms with Crippen LogP contribution in [-0.2, 0) is 0 Å². The predicted octanol–water partition coefficient (Wildman–Crippen LogP) is 3.30. The van der Waals surface area contributed by atoms with Gasteiger partial charge in [-0.1, -0.05) is 12.1 Å². The Morgan fingerprint density at radius 2 is 1.41 bits per heavy atom. The Morgan fingerprint density at radius 1 is 0.852 bits per heavy atom. The van der Waals surface area contributed by atoms with Crippen LogP contribution in [0.5, 0.6) is 11.5 Å². The zero-order valence-electron chi connectivity index (χ0n) is 14.2. The van der Waals surface area contributed by atoms with Crippen molar-refractivity contribution >= 4 is 28.4 Å². The van der Waals surface area contributed by atoms with E-state index in [-0.39, 0.29) is 5.56 Å². The SMILES string of the molecule is Nc1cc(N)cc(Oc2ccc(C(=O)O)cc2)c1.c1ccc2n[nH]nc2c1. The molecule has 6 N–H and O–H groups in total. The van der Waals surface area contributed by atoms with Gasteiger partial charge in [-0.15, -0.1) is 0 Å². The second kappa shape index (κ2) is 7.87. The standard InChI is InChI=1S/C13H12N2O3.C6H5N3/c14-9-5-10(15)7-12(6-9)18-11-3-1-8(2-4-11)13(16)17;1-2-4-6-5(3-1)7-9-8-6/h1-7H,14-15H2,(H,16,17);1-4H,(H,7,8,9). The van der Waals surface area contributed by atoms with Crippen LogP contribution in [0.15, 0.2) is 66.7 Å². The third kappa shape index (κ3) is 4.73. The van der Waals surface area contributed by atoms with Crippen LogP contribution in [0.3, 0.4) is 0 Å². The molecule has 27 heavy (non-hydrogen) atoms. The van der Waals surface area contributed by atoms with Gasteiger partial charge in [-0.25, -0.2) is 4.79 Å². The van der Waals surface area contributed by atoms with Crippen LogP contribution in [0.4, 0.5) is 11.4 Å². The van der Waals surface area contributed by atoms with Gasteiger partial charge in [0.25, 0.3) is 0 Å². The number of aromatic amines is 1. The first kappa shape index (κ1) is 17.7. The molecule has 0 saturated heterocycles. The third-order valence-corrected chi connectivity index (χ3v) is 3.51. The summed E-state index contributed by atoms with van der Waals surface area (Å²) in [7, 11) is 0. The van der Waals surface area contributed by atoms with E-state index in [1.54, 1.807) is 30.3 Å². The molecule has 8 nitrogen and oxygen atoms in total. The summed E-state index contributed by atoms with van der Waals surface area (Å²) in [6, 6.07) is 18.7. The Balaban J connectivity index is 0.000000193. The number of aromatic carboxylic acids is 1.